The SMILES string of the molecule is COCCOc1ccc(Cl)c(CN(C(=O)C2=C(c3cccc(-c4ccccc4)c3)CCN(C(=O)OC(C)(C)C)C2)C2CC2)c1. The number of rotatable bonds is 10. The number of carbonyl (C=O) groups is 2. The largest absolute Gasteiger partial charge is 0.491 e. The average molecular weight is 617 g/mol. The first-order chi connectivity index (χ1) is 21.1. The van der Waals surface area contributed by atoms with Crippen LogP contribution in [-0.2, 0) is 20.8 Å². The predicted octanol–water partition coefficient (Wildman–Crippen LogP) is 7.62. The maximum atomic E-state index is 14.6. The van der Waals surface area contributed by atoms with Gasteiger partial charge in [-0.15, -0.1) is 0 Å². The third-order valence-corrected chi connectivity index (χ3v) is 8.10. The topological polar surface area (TPSA) is 68.3 Å². The van der Waals surface area contributed by atoms with Crippen molar-refractivity contribution in [2.24, 2.45) is 0 Å². The normalized spacial score (nSPS) is 15.2. The summed E-state index contributed by atoms with van der Waals surface area (Å²) in [7, 11) is 1.63. The van der Waals surface area contributed by atoms with Crippen LogP contribution < -0.4 is 4.74 Å². The molecule has 232 valence electrons. The molecule has 0 aromatic heterocycles. The molecule has 0 spiro atoms. The van der Waals surface area contributed by atoms with E-state index in [2.05, 4.69) is 30.3 Å². The lowest BCUT2D eigenvalue weighted by Crippen LogP contribution is -2.44. The molecule has 1 heterocycles. The van der Waals surface area contributed by atoms with Crippen LogP contribution in [0.2, 0.25) is 5.02 Å². The highest BCUT2D eigenvalue weighted by Crippen LogP contribution is 2.36. The Morgan fingerprint density at radius 1 is 0.932 bits per heavy atom. The van der Waals surface area contributed by atoms with Crippen molar-refractivity contribution in [2.45, 2.75) is 58.2 Å². The summed E-state index contributed by atoms with van der Waals surface area (Å²) in [6.07, 6.45) is 1.98. The molecule has 1 aliphatic heterocycles. The number of amides is 2. The second kappa shape index (κ2) is 13.9. The number of methoxy groups -OCH3 is 1. The van der Waals surface area contributed by atoms with Crippen molar-refractivity contribution in [3.05, 3.63) is 94.5 Å². The van der Waals surface area contributed by atoms with Crippen LogP contribution in [-0.4, -0.2) is 66.9 Å². The van der Waals surface area contributed by atoms with Gasteiger partial charge in [0.25, 0.3) is 5.91 Å². The summed E-state index contributed by atoms with van der Waals surface area (Å²) in [5.74, 6) is 0.596. The van der Waals surface area contributed by atoms with Gasteiger partial charge in [0.05, 0.1) is 13.2 Å². The van der Waals surface area contributed by atoms with E-state index in [1.165, 1.54) is 0 Å². The first-order valence-electron chi connectivity index (χ1n) is 15.2. The number of ether oxygens (including phenoxy) is 3. The molecule has 1 aliphatic carbocycles. The summed E-state index contributed by atoms with van der Waals surface area (Å²) < 4.78 is 16.6. The van der Waals surface area contributed by atoms with Gasteiger partial charge in [0.2, 0.25) is 0 Å². The van der Waals surface area contributed by atoms with E-state index in [1.807, 2.05) is 62.1 Å². The fourth-order valence-electron chi connectivity index (χ4n) is 5.39. The highest BCUT2D eigenvalue weighted by molar-refractivity contribution is 6.31. The summed E-state index contributed by atoms with van der Waals surface area (Å²) in [5, 5.41) is 0.575. The van der Waals surface area contributed by atoms with Crippen molar-refractivity contribution >= 4 is 29.2 Å². The molecule has 8 heteroatoms. The number of halogens is 1. The van der Waals surface area contributed by atoms with Crippen molar-refractivity contribution in [3.8, 4) is 16.9 Å². The molecular weight excluding hydrogens is 576 g/mol. The molecule has 2 aliphatic rings. The number of benzene rings is 3. The molecule has 0 saturated heterocycles. The lowest BCUT2D eigenvalue weighted by atomic mass is 9.90. The second-order valence-electron chi connectivity index (χ2n) is 12.3. The Labute approximate surface area is 265 Å². The van der Waals surface area contributed by atoms with Crippen LogP contribution in [0, 0.1) is 0 Å². The lowest BCUT2D eigenvalue weighted by Gasteiger charge is -2.34. The van der Waals surface area contributed by atoms with Crippen LogP contribution in [0.15, 0.2) is 78.4 Å². The number of nitrogens with zero attached hydrogens (tertiary/aromatic N) is 2. The maximum absolute atomic E-state index is 14.6. The predicted molar refractivity (Wildman–Crippen MR) is 174 cm³/mol. The van der Waals surface area contributed by atoms with Crippen molar-refractivity contribution in [1.82, 2.24) is 9.80 Å². The Morgan fingerprint density at radius 3 is 2.36 bits per heavy atom. The molecule has 2 amide bonds. The zero-order valence-electron chi connectivity index (χ0n) is 26.0. The van der Waals surface area contributed by atoms with Gasteiger partial charge in [-0.1, -0.05) is 60.1 Å². The van der Waals surface area contributed by atoms with Crippen molar-refractivity contribution in [2.75, 3.05) is 33.4 Å². The van der Waals surface area contributed by atoms with E-state index in [0.717, 1.165) is 40.7 Å². The van der Waals surface area contributed by atoms with Crippen molar-refractivity contribution in [3.63, 3.8) is 0 Å². The first-order valence-corrected chi connectivity index (χ1v) is 15.6. The van der Waals surface area contributed by atoms with Gasteiger partial charge in [0, 0.05) is 36.8 Å². The summed E-state index contributed by atoms with van der Waals surface area (Å²) in [5.41, 5.74) is 4.92. The summed E-state index contributed by atoms with van der Waals surface area (Å²) in [6, 6.07) is 24.1. The molecule has 1 fully saturated rings. The lowest BCUT2D eigenvalue weighted by molar-refractivity contribution is -0.128. The summed E-state index contributed by atoms with van der Waals surface area (Å²) in [4.78, 5) is 31.3. The zero-order chi connectivity index (χ0) is 31.3. The quantitative estimate of drug-likeness (QED) is 0.219. The van der Waals surface area contributed by atoms with Gasteiger partial charge < -0.3 is 24.0 Å². The summed E-state index contributed by atoms with van der Waals surface area (Å²) in [6.45, 7) is 7.43. The first kappa shape index (κ1) is 31.6. The second-order valence-corrected chi connectivity index (χ2v) is 12.7. The van der Waals surface area contributed by atoms with Crippen LogP contribution in [0.1, 0.15) is 51.2 Å². The average Bonchev–Trinajstić information content (AvgIpc) is 3.86. The molecule has 0 N–H and O–H groups in total. The minimum Gasteiger partial charge on any atom is -0.491 e. The van der Waals surface area contributed by atoms with E-state index in [-0.39, 0.29) is 18.5 Å². The van der Waals surface area contributed by atoms with Crippen LogP contribution >= 0.6 is 11.6 Å². The van der Waals surface area contributed by atoms with E-state index >= 15 is 0 Å². The van der Waals surface area contributed by atoms with Gasteiger partial charge in [-0.3, -0.25) is 4.79 Å². The molecule has 1 saturated carbocycles. The molecule has 3 aromatic rings. The third kappa shape index (κ3) is 8.01. The van der Waals surface area contributed by atoms with Crippen molar-refractivity contribution < 1.29 is 23.8 Å². The number of carbonyl (C=O) groups excluding carboxylic acids is 2. The highest BCUT2D eigenvalue weighted by atomic mass is 35.5. The Kier molecular flexibility index (Phi) is 9.97. The molecule has 0 bridgehead atoms. The fraction of sp³-hybridized carbons (Fsp3) is 0.389. The van der Waals surface area contributed by atoms with Crippen LogP contribution in [0.3, 0.4) is 0 Å². The maximum Gasteiger partial charge on any atom is 0.410 e. The Morgan fingerprint density at radius 2 is 1.66 bits per heavy atom. The fourth-order valence-corrected chi connectivity index (χ4v) is 5.57. The van der Waals surface area contributed by atoms with Gasteiger partial charge in [-0.25, -0.2) is 4.79 Å². The third-order valence-electron chi connectivity index (χ3n) is 7.74. The number of hydrogen-bond donors (Lipinski definition) is 0. The smallest absolute Gasteiger partial charge is 0.410 e. The molecule has 0 atom stereocenters. The molecule has 5 rings (SSSR count). The van der Waals surface area contributed by atoms with Gasteiger partial charge in [0.1, 0.15) is 18.0 Å². The van der Waals surface area contributed by atoms with E-state index < -0.39 is 11.7 Å². The van der Waals surface area contributed by atoms with Crippen LogP contribution in [0.5, 0.6) is 5.75 Å². The Hall–Kier alpha value is -3.81. The minimum absolute atomic E-state index is 0.0809. The molecule has 0 unspecified atom stereocenters. The number of hydrogen-bond acceptors (Lipinski definition) is 5. The zero-order valence-corrected chi connectivity index (χ0v) is 26.7. The highest BCUT2D eigenvalue weighted by Gasteiger charge is 2.38. The van der Waals surface area contributed by atoms with Gasteiger partial charge >= 0.3 is 6.09 Å². The van der Waals surface area contributed by atoms with Gasteiger partial charge in [0.15, 0.2) is 0 Å². The van der Waals surface area contributed by atoms with Crippen LogP contribution in [0.25, 0.3) is 16.7 Å². The molecule has 0 radical (unpaired) electrons. The molecule has 44 heavy (non-hydrogen) atoms. The van der Waals surface area contributed by atoms with E-state index in [1.54, 1.807) is 18.1 Å². The molecule has 7 nitrogen and oxygen atoms in total. The van der Waals surface area contributed by atoms with Gasteiger partial charge in [-0.05, 0) is 92.1 Å². The minimum atomic E-state index is -0.637. The van der Waals surface area contributed by atoms with Crippen molar-refractivity contribution in [1.29, 1.82) is 0 Å². The molecular formula is C36H41ClN2O5. The molecule has 3 aromatic carbocycles. The monoisotopic (exact) mass is 616 g/mol. The summed E-state index contributed by atoms with van der Waals surface area (Å²) >= 11 is 6.64. The van der Waals surface area contributed by atoms with E-state index in [0.29, 0.717) is 49.1 Å². The van der Waals surface area contributed by atoms with E-state index in [9.17, 15) is 9.59 Å². The Bertz CT molecular complexity index is 1510. The van der Waals surface area contributed by atoms with E-state index in [4.69, 9.17) is 25.8 Å². The Balaban J connectivity index is 1.50. The van der Waals surface area contributed by atoms with Gasteiger partial charge in [-0.2, -0.15) is 0 Å². The van der Waals surface area contributed by atoms with Crippen LogP contribution in [0.4, 0.5) is 4.79 Å². The standard InChI is InChI=1S/C36H41ClN2O5/c1-36(2,3)44-35(41)38-18-17-31(27-12-8-11-26(21-27)25-9-6-5-7-10-25)32(24-38)34(40)39(29-13-14-29)23-28-22-30(15-16-33(28)37)43-20-19-42-4/h5-12,15-16,21-22,29H,13-14,17-20,23-24H2,1-4H3.